The molecule has 0 saturated heterocycles. The molecular formula is C26H22N5O3S+. The van der Waals surface area contributed by atoms with Crippen LogP contribution in [0.25, 0.3) is 22.4 Å². The van der Waals surface area contributed by atoms with E-state index in [-0.39, 0.29) is 35.5 Å². The second-order valence-electron chi connectivity index (χ2n) is 7.61. The van der Waals surface area contributed by atoms with Gasteiger partial charge in [0.05, 0.1) is 12.1 Å². The van der Waals surface area contributed by atoms with Crippen molar-refractivity contribution >= 4 is 34.7 Å². The van der Waals surface area contributed by atoms with Gasteiger partial charge in [-0.05, 0) is 47.3 Å². The summed E-state index contributed by atoms with van der Waals surface area (Å²) in [6, 6.07) is 21.2. The highest BCUT2D eigenvalue weighted by Crippen LogP contribution is 2.34. The first kappa shape index (κ1) is 23.6. The third-order valence-electron chi connectivity index (χ3n) is 5.45. The van der Waals surface area contributed by atoms with Crippen molar-refractivity contribution in [1.29, 1.82) is 5.26 Å². The second-order valence-corrected chi connectivity index (χ2v) is 8.56. The zero-order valence-electron chi connectivity index (χ0n) is 18.8. The van der Waals surface area contributed by atoms with Crippen LogP contribution >= 0.6 is 11.3 Å². The molecule has 2 amide bonds. The van der Waals surface area contributed by atoms with Gasteiger partial charge in [0.15, 0.2) is 0 Å². The van der Waals surface area contributed by atoms with Gasteiger partial charge in [0.2, 0.25) is 5.91 Å². The SMILES string of the molecule is CN(C(=O)CN)c1cccc(-c2cc(-c3ccccc3O)[nH+]c(NC(=O)c3cccs3)c2C#N)c1. The second kappa shape index (κ2) is 10.2. The van der Waals surface area contributed by atoms with Gasteiger partial charge in [0.1, 0.15) is 28.0 Å². The summed E-state index contributed by atoms with van der Waals surface area (Å²) in [6.45, 7) is -0.138. The predicted octanol–water partition coefficient (Wildman–Crippen LogP) is 3.65. The number of hydrogen-bond acceptors (Lipinski definition) is 6. The Morgan fingerprint density at radius 1 is 1.11 bits per heavy atom. The van der Waals surface area contributed by atoms with Crippen LogP contribution in [0.15, 0.2) is 72.1 Å². The fraction of sp³-hybridized carbons (Fsp3) is 0.0769. The van der Waals surface area contributed by atoms with Crippen molar-refractivity contribution in [3.63, 3.8) is 0 Å². The van der Waals surface area contributed by atoms with Gasteiger partial charge in [-0.3, -0.25) is 4.79 Å². The van der Waals surface area contributed by atoms with Crippen LogP contribution < -0.4 is 20.9 Å². The number of nitrogens with zero attached hydrogens (tertiary/aromatic N) is 2. The fourth-order valence-electron chi connectivity index (χ4n) is 3.61. The lowest BCUT2D eigenvalue weighted by molar-refractivity contribution is -0.347. The summed E-state index contributed by atoms with van der Waals surface area (Å²) in [5.41, 5.74) is 8.47. The number of thiophene rings is 1. The maximum absolute atomic E-state index is 12.8. The molecule has 5 N–H and O–H groups in total. The molecule has 0 spiro atoms. The number of aromatic nitrogens is 1. The molecule has 174 valence electrons. The summed E-state index contributed by atoms with van der Waals surface area (Å²) >= 11 is 1.28. The van der Waals surface area contributed by atoms with E-state index in [9.17, 15) is 20.0 Å². The molecule has 2 aromatic carbocycles. The van der Waals surface area contributed by atoms with Gasteiger partial charge in [-0.1, -0.05) is 30.3 Å². The molecule has 0 aliphatic carbocycles. The van der Waals surface area contributed by atoms with Crippen molar-refractivity contribution in [2.75, 3.05) is 23.8 Å². The molecule has 0 atom stereocenters. The number of H-pyrrole nitrogens is 1. The van der Waals surface area contributed by atoms with Crippen molar-refractivity contribution in [3.8, 4) is 34.2 Å². The lowest BCUT2D eigenvalue weighted by Crippen LogP contribution is -2.32. The van der Waals surface area contributed by atoms with Crippen molar-refractivity contribution in [2.24, 2.45) is 5.73 Å². The van der Waals surface area contributed by atoms with Gasteiger partial charge < -0.3 is 15.7 Å². The number of nitrogens with two attached hydrogens (primary N) is 1. The van der Waals surface area contributed by atoms with Crippen LogP contribution in [0.3, 0.4) is 0 Å². The number of pyridine rings is 1. The number of likely N-dealkylation sites (N-methyl/N-ethyl adjacent to an activating group) is 1. The number of hydrogen-bond donors (Lipinski definition) is 3. The van der Waals surface area contributed by atoms with Gasteiger partial charge in [-0.25, -0.2) is 15.1 Å². The van der Waals surface area contributed by atoms with E-state index in [1.54, 1.807) is 79.2 Å². The molecule has 4 rings (SSSR count). The topological polar surface area (TPSA) is 134 Å². The highest BCUT2D eigenvalue weighted by atomic mass is 32.1. The molecule has 9 heteroatoms. The molecule has 35 heavy (non-hydrogen) atoms. The number of aromatic hydroxyl groups is 1. The number of para-hydroxylation sites is 1. The van der Waals surface area contributed by atoms with Gasteiger partial charge in [0, 0.05) is 18.3 Å². The Kier molecular flexibility index (Phi) is 6.87. The average Bonchev–Trinajstić information content (AvgIpc) is 3.43. The minimum atomic E-state index is -0.366. The largest absolute Gasteiger partial charge is 0.507 e. The first-order valence-corrected chi connectivity index (χ1v) is 11.5. The number of nitrogens with one attached hydrogen (secondary N) is 2. The normalized spacial score (nSPS) is 10.4. The van der Waals surface area contributed by atoms with Gasteiger partial charge in [-0.15, -0.1) is 11.3 Å². The van der Waals surface area contributed by atoms with E-state index in [1.807, 2.05) is 0 Å². The van der Waals surface area contributed by atoms with Crippen LogP contribution in [-0.4, -0.2) is 30.5 Å². The van der Waals surface area contributed by atoms with Crippen LogP contribution in [0.2, 0.25) is 0 Å². The average molecular weight is 485 g/mol. The van der Waals surface area contributed by atoms with E-state index in [4.69, 9.17) is 5.73 Å². The van der Waals surface area contributed by atoms with Crippen LogP contribution in [0.5, 0.6) is 5.75 Å². The van der Waals surface area contributed by atoms with E-state index in [0.717, 1.165) is 0 Å². The number of anilines is 2. The smallest absolute Gasteiger partial charge is 0.349 e. The number of amides is 2. The van der Waals surface area contributed by atoms with Crippen LogP contribution in [0, 0.1) is 11.3 Å². The summed E-state index contributed by atoms with van der Waals surface area (Å²) < 4.78 is 0. The monoisotopic (exact) mass is 484 g/mol. The number of phenolic OH excluding ortho intramolecular Hbond substituents is 1. The molecule has 0 bridgehead atoms. The molecule has 2 heterocycles. The Bertz CT molecular complexity index is 1440. The molecule has 2 aromatic heterocycles. The summed E-state index contributed by atoms with van der Waals surface area (Å²) in [6.07, 6.45) is 0. The molecule has 0 radical (unpaired) electrons. The van der Waals surface area contributed by atoms with Crippen molar-refractivity contribution in [2.45, 2.75) is 0 Å². The first-order chi connectivity index (χ1) is 16.9. The Labute approximate surface area is 205 Å². The zero-order valence-corrected chi connectivity index (χ0v) is 19.6. The minimum Gasteiger partial charge on any atom is -0.507 e. The van der Waals surface area contributed by atoms with Gasteiger partial charge >= 0.3 is 5.91 Å². The molecule has 4 aromatic rings. The molecule has 0 saturated carbocycles. The quantitative estimate of drug-likeness (QED) is 0.384. The molecule has 0 aliphatic heterocycles. The Hall–Kier alpha value is -4.52. The lowest BCUT2D eigenvalue weighted by Gasteiger charge is -2.18. The Morgan fingerprint density at radius 3 is 2.60 bits per heavy atom. The number of benzene rings is 2. The van der Waals surface area contributed by atoms with E-state index < -0.39 is 0 Å². The molecular weight excluding hydrogens is 462 g/mol. The maximum Gasteiger partial charge on any atom is 0.349 e. The Morgan fingerprint density at radius 2 is 1.91 bits per heavy atom. The molecule has 8 nitrogen and oxygen atoms in total. The fourth-order valence-corrected chi connectivity index (χ4v) is 4.23. The third-order valence-corrected chi connectivity index (χ3v) is 6.32. The summed E-state index contributed by atoms with van der Waals surface area (Å²) in [5, 5.41) is 25.1. The molecule has 0 fully saturated rings. The number of rotatable bonds is 6. The highest BCUT2D eigenvalue weighted by Gasteiger charge is 2.25. The minimum absolute atomic E-state index is 0.0389. The number of phenols is 1. The van der Waals surface area contributed by atoms with Crippen LogP contribution in [0.4, 0.5) is 11.5 Å². The Balaban J connectivity index is 1.90. The van der Waals surface area contributed by atoms with Crippen LogP contribution in [-0.2, 0) is 4.79 Å². The number of carbonyl (C=O) groups is 2. The third kappa shape index (κ3) is 4.89. The van der Waals surface area contributed by atoms with E-state index >= 15 is 0 Å². The van der Waals surface area contributed by atoms with Crippen molar-refractivity contribution in [1.82, 2.24) is 0 Å². The van der Waals surface area contributed by atoms with Gasteiger partial charge in [-0.2, -0.15) is 5.26 Å². The number of carbonyl (C=O) groups excluding carboxylic acids is 2. The summed E-state index contributed by atoms with van der Waals surface area (Å²) in [4.78, 5) is 30.0. The van der Waals surface area contributed by atoms with Crippen LogP contribution in [0.1, 0.15) is 15.2 Å². The van der Waals surface area contributed by atoms with E-state index in [2.05, 4.69) is 16.4 Å². The summed E-state index contributed by atoms with van der Waals surface area (Å²) in [5.74, 6) is -0.395. The zero-order chi connectivity index (χ0) is 24.9. The van der Waals surface area contributed by atoms with E-state index in [1.165, 1.54) is 16.2 Å². The predicted molar refractivity (Wildman–Crippen MR) is 135 cm³/mol. The number of aromatic amines is 1. The summed E-state index contributed by atoms with van der Waals surface area (Å²) in [7, 11) is 1.62. The molecule has 0 unspecified atom stereocenters. The van der Waals surface area contributed by atoms with Gasteiger partial charge in [0.25, 0.3) is 5.82 Å². The standard InChI is InChI=1S/C26H21N5O3S/c1-31(24(33)15-28)17-7-4-6-16(12-17)19-13-21(18-8-2-3-9-22(18)32)29-25(20(19)14-27)30-26(34)23-10-5-11-35-23/h2-13,32H,15,28H2,1H3,(H,29,30,34)/p+1. The van der Waals surface area contributed by atoms with E-state index in [0.29, 0.717) is 32.9 Å². The maximum atomic E-state index is 12.8. The van der Waals surface area contributed by atoms with Crippen molar-refractivity contribution < 1.29 is 19.7 Å². The number of nitriles is 1. The molecule has 0 aliphatic rings. The lowest BCUT2D eigenvalue weighted by atomic mass is 9.97. The first-order valence-electron chi connectivity index (χ1n) is 10.6. The highest BCUT2D eigenvalue weighted by molar-refractivity contribution is 7.12. The van der Waals surface area contributed by atoms with Crippen molar-refractivity contribution in [3.05, 3.63) is 82.6 Å².